The van der Waals surface area contributed by atoms with Crippen LogP contribution in [0.15, 0.2) is 0 Å². The minimum Gasteiger partial charge on any atom is -0.546 e. The normalized spacial score (nSPS) is 11.9. The quantitative estimate of drug-likeness (QED) is 0.0334. The largest absolute Gasteiger partial charge is 2.00 e. The molecular weight excluding hydrogens is 938 g/mol. The Hall–Kier alpha value is -1.50. The maximum absolute atomic E-state index is 12.0. The van der Waals surface area contributed by atoms with Crippen LogP contribution in [0.2, 0.25) is 0 Å². The molecule has 0 aliphatic carbocycles. The van der Waals surface area contributed by atoms with E-state index in [2.05, 4.69) is 27.7 Å². The monoisotopic (exact) mass is 1050 g/mol. The molecule has 0 N–H and O–H groups in total. The van der Waals surface area contributed by atoms with Gasteiger partial charge in [-0.15, -0.1) is 0 Å². The molecule has 8 nitrogen and oxygen atoms in total. The van der Waals surface area contributed by atoms with Crippen LogP contribution in [0.1, 0.15) is 362 Å². The number of carbonyl (C=O) groups is 4. The molecule has 0 heterocycles. The molecule has 0 aromatic rings. The Balaban J connectivity index is -0.00000128. The van der Waals surface area contributed by atoms with E-state index >= 15 is 0 Å². The molecule has 2 unspecified atom stereocenters. The van der Waals surface area contributed by atoms with Crippen molar-refractivity contribution < 1.29 is 58.3 Å². The predicted octanol–water partition coefficient (Wildman–Crippen LogP) is 17.7. The maximum Gasteiger partial charge on any atom is 2.00 e. The number of carboxylic acid groups (broad SMARTS) is 2. The minimum atomic E-state index is -1.25. The molecule has 0 rings (SSSR count). The van der Waals surface area contributed by atoms with Gasteiger partial charge in [0.2, 0.25) is 0 Å². The van der Waals surface area contributed by atoms with Gasteiger partial charge in [-0.25, -0.2) is 0 Å². The van der Waals surface area contributed by atoms with E-state index in [1.165, 1.54) is 231 Å². The van der Waals surface area contributed by atoms with E-state index in [-0.39, 0.29) is 31.4 Å². The molecule has 9 heteroatoms. The molecule has 0 bridgehead atoms. The van der Waals surface area contributed by atoms with E-state index in [1.54, 1.807) is 0 Å². The number of unbranched alkanes of at least 4 members (excludes halogenated alkanes) is 44. The third-order valence-corrected chi connectivity index (χ3v) is 14.2. The average molecular weight is 1060 g/mol. The van der Waals surface area contributed by atoms with Crippen LogP contribution in [0.4, 0.5) is 0 Å². The third-order valence-electron chi connectivity index (χ3n) is 14.2. The van der Waals surface area contributed by atoms with Gasteiger partial charge in [-0.1, -0.05) is 310 Å². The summed E-state index contributed by atoms with van der Waals surface area (Å²) in [4.78, 5) is 46.8. The number of ether oxygens (including phenoxy) is 2. The molecule has 0 fully saturated rings. The van der Waals surface area contributed by atoms with Gasteiger partial charge in [-0.2, -0.15) is 0 Å². The van der Waals surface area contributed by atoms with Gasteiger partial charge < -0.3 is 29.3 Å². The number of carbonyl (C=O) groups excluding carboxylic acids is 4. The molecular formula is C62H118O8Zn. The molecule has 0 radical (unpaired) electrons. The SMILES string of the molecule is CCCCCCCCCCCCCCCCC(OC(=O)CCCCCCCCCCCC)C(=O)[O-].CCCCCCCCCCCCCCCCC(OC(=O)CCCCCCCCCCCC)C(=O)[O-].[Zn+2]. The number of aliphatic carboxylic acids is 2. The molecule has 416 valence electrons. The summed E-state index contributed by atoms with van der Waals surface area (Å²) in [5.41, 5.74) is 0. The second kappa shape index (κ2) is 62.8. The second-order valence-corrected chi connectivity index (χ2v) is 21.2. The third kappa shape index (κ3) is 61.0. The zero-order valence-corrected chi connectivity index (χ0v) is 50.9. The van der Waals surface area contributed by atoms with Crippen molar-refractivity contribution in [1.29, 1.82) is 0 Å². The van der Waals surface area contributed by atoms with Crippen LogP contribution in [-0.2, 0) is 48.1 Å². The van der Waals surface area contributed by atoms with Gasteiger partial charge in [0.1, 0.15) is 12.2 Å². The number of rotatable bonds is 56. The van der Waals surface area contributed by atoms with Crippen molar-refractivity contribution >= 4 is 23.9 Å². The first-order chi connectivity index (χ1) is 34.2. The zero-order chi connectivity index (χ0) is 51.6. The fourth-order valence-corrected chi connectivity index (χ4v) is 9.45. The molecule has 0 spiro atoms. The summed E-state index contributed by atoms with van der Waals surface area (Å²) >= 11 is 0. The van der Waals surface area contributed by atoms with Crippen LogP contribution in [0.3, 0.4) is 0 Å². The molecule has 71 heavy (non-hydrogen) atoms. The van der Waals surface area contributed by atoms with Crippen LogP contribution >= 0.6 is 0 Å². The Bertz CT molecular complexity index is 1020. The first-order valence-electron chi connectivity index (χ1n) is 31.0. The van der Waals surface area contributed by atoms with E-state index in [9.17, 15) is 29.4 Å². The van der Waals surface area contributed by atoms with Crippen molar-refractivity contribution in [3.63, 3.8) is 0 Å². The van der Waals surface area contributed by atoms with E-state index in [1.807, 2.05) is 0 Å². The summed E-state index contributed by atoms with van der Waals surface area (Å²) in [7, 11) is 0. The van der Waals surface area contributed by atoms with Crippen LogP contribution in [0.5, 0.6) is 0 Å². The van der Waals surface area contributed by atoms with Crippen molar-refractivity contribution in [1.82, 2.24) is 0 Å². The number of hydrogen-bond acceptors (Lipinski definition) is 8. The van der Waals surface area contributed by atoms with Crippen molar-refractivity contribution in [2.24, 2.45) is 0 Å². The van der Waals surface area contributed by atoms with Gasteiger partial charge in [0, 0.05) is 12.8 Å². The number of hydrogen-bond donors (Lipinski definition) is 0. The summed E-state index contributed by atoms with van der Waals surface area (Å²) in [6.07, 6.45) is 58.7. The molecule has 0 saturated heterocycles. The van der Waals surface area contributed by atoms with E-state index in [0.29, 0.717) is 25.7 Å². The van der Waals surface area contributed by atoms with Crippen LogP contribution < -0.4 is 10.2 Å². The van der Waals surface area contributed by atoms with Crippen LogP contribution in [-0.4, -0.2) is 36.1 Å². The Labute approximate surface area is 453 Å². The van der Waals surface area contributed by atoms with Crippen molar-refractivity contribution in [2.75, 3.05) is 0 Å². The second-order valence-electron chi connectivity index (χ2n) is 21.2. The Morgan fingerprint density at radius 3 is 0.592 bits per heavy atom. The van der Waals surface area contributed by atoms with E-state index in [4.69, 9.17) is 9.47 Å². The standard InChI is InChI=1S/2C31H60O4.Zn/c2*1-3-5-7-9-11-13-15-16-17-18-19-21-23-25-27-29(31(33)34)35-30(32)28-26-24-22-20-14-12-10-8-6-4-2;/h2*29H,3-28H2,1-2H3,(H,33,34);/q;;+2/p-2. The first kappa shape index (κ1) is 73.7. The van der Waals surface area contributed by atoms with Crippen molar-refractivity contribution in [3.8, 4) is 0 Å². The Kier molecular flexibility index (Phi) is 65.2. The summed E-state index contributed by atoms with van der Waals surface area (Å²) in [5.74, 6) is -3.28. The smallest absolute Gasteiger partial charge is 0.546 e. The number of carboxylic acids is 2. The van der Waals surface area contributed by atoms with Crippen molar-refractivity contribution in [2.45, 2.75) is 374 Å². The molecule has 0 aliphatic heterocycles. The van der Waals surface area contributed by atoms with Gasteiger partial charge in [-0.3, -0.25) is 9.59 Å². The topological polar surface area (TPSA) is 133 Å². The average Bonchev–Trinajstić information content (AvgIpc) is 3.34. The molecule has 0 amide bonds. The Morgan fingerprint density at radius 2 is 0.423 bits per heavy atom. The summed E-state index contributed by atoms with van der Waals surface area (Å²) in [6.45, 7) is 9.00. The van der Waals surface area contributed by atoms with E-state index in [0.717, 1.165) is 77.0 Å². The van der Waals surface area contributed by atoms with Crippen molar-refractivity contribution in [3.05, 3.63) is 0 Å². The maximum atomic E-state index is 12.0. The summed E-state index contributed by atoms with van der Waals surface area (Å²) in [6, 6.07) is 0. The molecule has 0 aliphatic rings. The van der Waals surface area contributed by atoms with Gasteiger partial charge in [0.05, 0.1) is 11.9 Å². The first-order valence-corrected chi connectivity index (χ1v) is 31.0. The van der Waals surface area contributed by atoms with Gasteiger partial charge in [0.15, 0.2) is 0 Å². The van der Waals surface area contributed by atoms with Gasteiger partial charge in [-0.05, 0) is 38.5 Å². The fraction of sp³-hybridized carbons (Fsp3) is 0.935. The molecule has 0 saturated carbocycles. The van der Waals surface area contributed by atoms with Crippen LogP contribution in [0.25, 0.3) is 0 Å². The van der Waals surface area contributed by atoms with E-state index < -0.39 is 24.1 Å². The Morgan fingerprint density at radius 1 is 0.268 bits per heavy atom. The van der Waals surface area contributed by atoms with Gasteiger partial charge >= 0.3 is 31.4 Å². The molecule has 2 atom stereocenters. The molecule has 0 aromatic carbocycles. The van der Waals surface area contributed by atoms with Gasteiger partial charge in [0.25, 0.3) is 0 Å². The predicted molar refractivity (Wildman–Crippen MR) is 293 cm³/mol. The minimum absolute atomic E-state index is 0. The fourth-order valence-electron chi connectivity index (χ4n) is 9.45. The zero-order valence-electron chi connectivity index (χ0n) is 47.9. The number of esters is 2. The summed E-state index contributed by atoms with van der Waals surface area (Å²) in [5, 5.41) is 22.7. The molecule has 0 aromatic heterocycles. The summed E-state index contributed by atoms with van der Waals surface area (Å²) < 4.78 is 10.4. The van der Waals surface area contributed by atoms with Crippen LogP contribution in [0, 0.1) is 0 Å².